The number of carbonyl (C=O) groups excluding carboxylic acids is 1. The van der Waals surface area contributed by atoms with Crippen molar-refractivity contribution in [2.45, 2.75) is 23.9 Å². The minimum absolute atomic E-state index is 0.121. The maximum atomic E-state index is 13.2. The molecule has 1 heterocycles. The van der Waals surface area contributed by atoms with Gasteiger partial charge in [-0.05, 0) is 24.6 Å². The highest BCUT2D eigenvalue weighted by Gasteiger charge is 2.20. The first-order valence-corrected chi connectivity index (χ1v) is 7.79. The zero-order chi connectivity index (χ0) is 17.0. The Morgan fingerprint density at radius 3 is 2.57 bits per heavy atom. The number of hydrogen-bond acceptors (Lipinski definition) is 6. The number of nitrogen functional groups attached to an aromatic ring is 2. The first kappa shape index (κ1) is 17.0. The van der Waals surface area contributed by atoms with E-state index in [0.29, 0.717) is 11.7 Å². The van der Waals surface area contributed by atoms with Crippen LogP contribution in [0.4, 0.5) is 16.0 Å². The number of halogens is 1. The molecule has 0 fully saturated rings. The molecule has 2 aromatic rings. The number of hydrogen-bond donors (Lipinski definition) is 2. The van der Waals surface area contributed by atoms with Gasteiger partial charge < -0.3 is 16.4 Å². The smallest absolute Gasteiger partial charge is 0.235 e. The van der Waals surface area contributed by atoms with E-state index in [1.165, 1.54) is 34.9 Å². The van der Waals surface area contributed by atoms with Gasteiger partial charge in [0.15, 0.2) is 5.16 Å². The second kappa shape index (κ2) is 7.28. The molecule has 122 valence electrons. The fraction of sp³-hybridized carbons (Fsp3) is 0.267. The number of aromatic nitrogens is 2. The molecule has 1 aromatic carbocycles. The number of anilines is 2. The molecule has 0 aliphatic carbocycles. The van der Waals surface area contributed by atoms with Crippen LogP contribution in [0.5, 0.6) is 0 Å². The van der Waals surface area contributed by atoms with E-state index < -0.39 is 5.25 Å². The zero-order valence-electron chi connectivity index (χ0n) is 12.9. The first-order valence-electron chi connectivity index (χ1n) is 6.91. The fourth-order valence-electron chi connectivity index (χ4n) is 2.02. The average molecular weight is 335 g/mol. The predicted octanol–water partition coefficient (Wildman–Crippen LogP) is 1.92. The van der Waals surface area contributed by atoms with Gasteiger partial charge in [-0.1, -0.05) is 23.9 Å². The van der Waals surface area contributed by atoms with Crippen molar-refractivity contribution in [3.05, 3.63) is 41.7 Å². The summed E-state index contributed by atoms with van der Waals surface area (Å²) >= 11 is 1.17. The topological polar surface area (TPSA) is 98.1 Å². The maximum absolute atomic E-state index is 13.2. The molecule has 8 heteroatoms. The molecule has 0 saturated carbocycles. The highest BCUT2D eigenvalue weighted by Crippen LogP contribution is 2.23. The van der Waals surface area contributed by atoms with Crippen molar-refractivity contribution in [1.82, 2.24) is 14.9 Å². The summed E-state index contributed by atoms with van der Waals surface area (Å²) in [6.45, 7) is 2.07. The van der Waals surface area contributed by atoms with E-state index in [2.05, 4.69) is 9.97 Å². The third-order valence-electron chi connectivity index (χ3n) is 3.06. The van der Waals surface area contributed by atoms with Crippen molar-refractivity contribution in [1.29, 1.82) is 0 Å². The van der Waals surface area contributed by atoms with Crippen molar-refractivity contribution in [2.75, 3.05) is 18.5 Å². The molecule has 1 unspecified atom stereocenters. The van der Waals surface area contributed by atoms with Crippen LogP contribution in [0.2, 0.25) is 0 Å². The van der Waals surface area contributed by atoms with Crippen LogP contribution in [0, 0.1) is 5.82 Å². The zero-order valence-corrected chi connectivity index (χ0v) is 13.7. The lowest BCUT2D eigenvalue weighted by atomic mass is 10.2. The van der Waals surface area contributed by atoms with Gasteiger partial charge in [0.1, 0.15) is 17.5 Å². The number of benzene rings is 1. The highest BCUT2D eigenvalue weighted by atomic mass is 32.2. The average Bonchev–Trinajstić information content (AvgIpc) is 2.45. The Balaban J connectivity index is 2.00. The number of amides is 1. The van der Waals surface area contributed by atoms with Crippen LogP contribution in [0.1, 0.15) is 12.5 Å². The molecule has 1 aromatic heterocycles. The fourth-order valence-corrected chi connectivity index (χ4v) is 2.93. The minimum atomic E-state index is -0.422. The Labute approximate surface area is 138 Å². The van der Waals surface area contributed by atoms with Gasteiger partial charge in [-0.3, -0.25) is 4.79 Å². The molecule has 0 radical (unpaired) electrons. The molecule has 1 atom stereocenters. The van der Waals surface area contributed by atoms with Crippen LogP contribution in [-0.4, -0.2) is 33.1 Å². The Kier molecular flexibility index (Phi) is 5.38. The number of thioether (sulfide) groups is 1. The first-order chi connectivity index (χ1) is 10.8. The molecular weight excluding hydrogens is 317 g/mol. The highest BCUT2D eigenvalue weighted by molar-refractivity contribution is 8.00. The van der Waals surface area contributed by atoms with Crippen molar-refractivity contribution < 1.29 is 9.18 Å². The van der Waals surface area contributed by atoms with Crippen molar-refractivity contribution in [2.24, 2.45) is 0 Å². The van der Waals surface area contributed by atoms with Crippen LogP contribution in [0.25, 0.3) is 0 Å². The van der Waals surface area contributed by atoms with Crippen LogP contribution in [-0.2, 0) is 11.3 Å². The summed E-state index contributed by atoms with van der Waals surface area (Å²) in [5.74, 6) is 0.0683. The molecule has 6 nitrogen and oxygen atoms in total. The van der Waals surface area contributed by atoms with E-state index >= 15 is 0 Å². The summed E-state index contributed by atoms with van der Waals surface area (Å²) < 4.78 is 13.2. The molecule has 0 saturated heterocycles. The number of nitrogens with zero attached hydrogens (tertiary/aromatic N) is 3. The second-order valence-electron chi connectivity index (χ2n) is 5.08. The van der Waals surface area contributed by atoms with E-state index in [4.69, 9.17) is 11.5 Å². The molecule has 2 rings (SSSR count). The summed E-state index contributed by atoms with van der Waals surface area (Å²) in [6.07, 6.45) is 0. The van der Waals surface area contributed by atoms with E-state index in [-0.39, 0.29) is 23.4 Å². The van der Waals surface area contributed by atoms with Crippen LogP contribution in [0.15, 0.2) is 35.5 Å². The van der Waals surface area contributed by atoms with Gasteiger partial charge in [-0.15, -0.1) is 0 Å². The molecule has 23 heavy (non-hydrogen) atoms. The Bertz CT molecular complexity index is 692. The van der Waals surface area contributed by atoms with E-state index in [9.17, 15) is 9.18 Å². The Hall–Kier alpha value is -2.35. The lowest BCUT2D eigenvalue weighted by Crippen LogP contribution is -2.32. The normalized spacial score (nSPS) is 12.0. The maximum Gasteiger partial charge on any atom is 0.235 e. The monoisotopic (exact) mass is 335 g/mol. The second-order valence-corrected chi connectivity index (χ2v) is 6.39. The summed E-state index contributed by atoms with van der Waals surface area (Å²) in [7, 11) is 1.67. The molecule has 4 N–H and O–H groups in total. The molecule has 1 amide bonds. The summed E-state index contributed by atoms with van der Waals surface area (Å²) in [5.41, 5.74) is 11.9. The van der Waals surface area contributed by atoms with Crippen LogP contribution < -0.4 is 11.5 Å². The molecule has 0 bridgehead atoms. The van der Waals surface area contributed by atoms with Crippen LogP contribution in [0.3, 0.4) is 0 Å². The van der Waals surface area contributed by atoms with E-state index in [0.717, 1.165) is 5.56 Å². The largest absolute Gasteiger partial charge is 0.383 e. The minimum Gasteiger partial charge on any atom is -0.383 e. The number of carbonyl (C=O) groups is 1. The standard InChI is InChI=1S/C15H18FN5OS/c1-9(23-15-19-12(17)7-13(18)20-15)14(22)21(2)8-10-4-3-5-11(16)6-10/h3-7,9H,8H2,1-2H3,(H4,17,18,19,20). The SMILES string of the molecule is CC(Sc1nc(N)cc(N)n1)C(=O)N(C)Cc1cccc(F)c1. The van der Waals surface area contributed by atoms with E-state index in [1.54, 1.807) is 26.1 Å². The van der Waals surface area contributed by atoms with Gasteiger partial charge in [0.2, 0.25) is 5.91 Å². The van der Waals surface area contributed by atoms with Gasteiger partial charge >= 0.3 is 0 Å². The van der Waals surface area contributed by atoms with Crippen molar-refractivity contribution in [3.8, 4) is 0 Å². The summed E-state index contributed by atoms with van der Waals surface area (Å²) in [6, 6.07) is 7.61. The van der Waals surface area contributed by atoms with Gasteiger partial charge in [0.05, 0.1) is 5.25 Å². The lowest BCUT2D eigenvalue weighted by Gasteiger charge is -2.21. The van der Waals surface area contributed by atoms with Gasteiger partial charge in [0, 0.05) is 19.7 Å². The molecule has 0 spiro atoms. The van der Waals surface area contributed by atoms with Gasteiger partial charge in [-0.25, -0.2) is 14.4 Å². The quantitative estimate of drug-likeness (QED) is 0.640. The van der Waals surface area contributed by atoms with Crippen LogP contribution >= 0.6 is 11.8 Å². The third kappa shape index (κ3) is 4.82. The number of nitrogens with two attached hydrogens (primary N) is 2. The predicted molar refractivity (Wildman–Crippen MR) is 89.0 cm³/mol. The summed E-state index contributed by atoms with van der Waals surface area (Å²) in [4.78, 5) is 22.0. The molecule has 0 aliphatic rings. The molecule has 0 aliphatic heterocycles. The molecular formula is C15H18FN5OS. The Morgan fingerprint density at radius 1 is 1.30 bits per heavy atom. The lowest BCUT2D eigenvalue weighted by molar-refractivity contribution is -0.129. The van der Waals surface area contributed by atoms with E-state index in [1.807, 2.05) is 0 Å². The number of rotatable bonds is 5. The Morgan fingerprint density at radius 2 is 1.96 bits per heavy atom. The van der Waals surface area contributed by atoms with Crippen molar-refractivity contribution in [3.63, 3.8) is 0 Å². The summed E-state index contributed by atoms with van der Waals surface area (Å²) in [5, 5.41) is -0.0720. The third-order valence-corrected chi connectivity index (χ3v) is 4.01. The van der Waals surface area contributed by atoms with Crippen molar-refractivity contribution >= 4 is 29.3 Å². The van der Waals surface area contributed by atoms with Gasteiger partial charge in [-0.2, -0.15) is 0 Å². The van der Waals surface area contributed by atoms with Gasteiger partial charge in [0.25, 0.3) is 0 Å².